The van der Waals surface area contributed by atoms with Crippen LogP contribution >= 0.6 is 0 Å². The maximum Gasteiger partial charge on any atom is 0.308 e. The number of carbonyl (C=O) groups excluding carboxylic acids is 1. The second-order valence-corrected chi connectivity index (χ2v) is 27.1. The molecule has 0 aromatic heterocycles. The van der Waals surface area contributed by atoms with Crippen molar-refractivity contribution in [3.8, 4) is 0 Å². The van der Waals surface area contributed by atoms with Gasteiger partial charge >= 0.3 is 11.9 Å². The first-order valence-electron chi connectivity index (χ1n) is 30.2. The smallest absolute Gasteiger partial charge is 0.308 e. The summed E-state index contributed by atoms with van der Waals surface area (Å²) < 4.78 is 95.4. The maximum absolute atomic E-state index is 14.5. The fourth-order valence-corrected chi connectivity index (χ4v) is 17.6. The molecule has 3 spiro atoms. The van der Waals surface area contributed by atoms with E-state index < -0.39 is 102 Å². The van der Waals surface area contributed by atoms with Crippen LogP contribution in [0, 0.1) is 23.7 Å². The van der Waals surface area contributed by atoms with Crippen LogP contribution in [0.25, 0.3) is 0 Å². The van der Waals surface area contributed by atoms with E-state index in [0.29, 0.717) is 77.0 Å². The van der Waals surface area contributed by atoms with Crippen LogP contribution < -0.4 is 0 Å². The number of aliphatic hydroxyl groups excluding tert-OH is 1. The highest BCUT2D eigenvalue weighted by Gasteiger charge is 2.67. The number of hydrogen-bond acceptors (Lipinski definition) is 19. The van der Waals surface area contributed by atoms with E-state index >= 15 is 0 Å². The lowest BCUT2D eigenvalue weighted by Crippen LogP contribution is -2.62. The predicted octanol–water partition coefficient (Wildman–Crippen LogP) is 4.96. The Labute approximate surface area is 462 Å². The highest BCUT2D eigenvalue weighted by molar-refractivity contribution is 5.70. The molecular formula is C59H84O20. The lowest BCUT2D eigenvalue weighted by molar-refractivity contribution is -0.371. The van der Waals surface area contributed by atoms with Gasteiger partial charge in [-0.3, -0.25) is 9.59 Å². The van der Waals surface area contributed by atoms with Gasteiger partial charge in [-0.05, 0) is 73.8 Å². The van der Waals surface area contributed by atoms with Crippen LogP contribution in [-0.4, -0.2) is 190 Å². The van der Waals surface area contributed by atoms with Gasteiger partial charge in [0.1, 0.15) is 18.3 Å². The van der Waals surface area contributed by atoms with Crippen molar-refractivity contribution in [3.63, 3.8) is 0 Å². The molecule has 0 radical (unpaired) electrons. The molecule has 14 rings (SSSR count). The Morgan fingerprint density at radius 1 is 0.557 bits per heavy atom. The minimum absolute atomic E-state index is 0.00127. The normalized spacial score (nSPS) is 55.8. The van der Waals surface area contributed by atoms with E-state index in [-0.39, 0.29) is 116 Å². The number of rotatable bonds is 2. The maximum atomic E-state index is 14.5. The van der Waals surface area contributed by atoms with E-state index in [9.17, 15) is 30.0 Å². The number of carboxylic acid groups (broad SMARTS) is 1. The molecule has 4 N–H and O–H groups in total. The minimum Gasteiger partial charge on any atom is -0.481 e. The first kappa shape index (κ1) is 54.7. The van der Waals surface area contributed by atoms with Gasteiger partial charge in [0.15, 0.2) is 23.1 Å². The molecule has 14 fully saturated rings. The summed E-state index contributed by atoms with van der Waals surface area (Å²) >= 11 is 0. The molecule has 20 nitrogen and oxygen atoms in total. The Morgan fingerprint density at radius 2 is 1.23 bits per heavy atom. The van der Waals surface area contributed by atoms with Crippen molar-refractivity contribution in [2.75, 3.05) is 0 Å². The number of carbonyl (C=O) groups is 2. The van der Waals surface area contributed by atoms with Crippen molar-refractivity contribution in [2.24, 2.45) is 23.7 Å². The van der Waals surface area contributed by atoms with Gasteiger partial charge in [0, 0.05) is 63.7 Å². The van der Waals surface area contributed by atoms with Crippen molar-refractivity contribution in [1.29, 1.82) is 0 Å². The summed E-state index contributed by atoms with van der Waals surface area (Å²) in [4.78, 5) is 26.1. The highest BCUT2D eigenvalue weighted by atomic mass is 16.8. The van der Waals surface area contributed by atoms with Crippen LogP contribution in [0.5, 0.6) is 0 Å². The number of aliphatic hydroxyl groups is 3. The molecule has 20 heteroatoms. The number of ether oxygens (including phenoxy) is 14. The molecule has 0 amide bonds. The van der Waals surface area contributed by atoms with Crippen LogP contribution in [0.15, 0.2) is 24.3 Å². The minimum atomic E-state index is -2.14. The SMILES string of the molecule is C=C1C[C@@H]2CC[C@]34CC(O)(O)C(O3)[C@H]3C[C@@H](O4)[C@H]4O[C@H](CC[C@@H]4O3)CC(=O)O[C@@H]3[C@@H](C)[C@@H]4O[C@@H]5C[C@]6(CC7O[C@]8(C[C@H](C)C9O[C@H](CC(=O)O)[C@H](O)CC9O8)C[C@H](C)C7O6)O[C@@H]5C[C@@H]4O[C@H]3C[C@H]3O[C@@H](CC[C@@H]1O2)C[C@@H](C)C3=C. The number of hydrogen-bond donors (Lipinski definition) is 4. The van der Waals surface area contributed by atoms with E-state index in [1.54, 1.807) is 0 Å². The molecule has 29 atom stereocenters. The second-order valence-electron chi connectivity index (χ2n) is 27.1. The van der Waals surface area contributed by atoms with Gasteiger partial charge in [0.25, 0.3) is 0 Å². The molecule has 5 unspecified atom stereocenters. The summed E-state index contributed by atoms with van der Waals surface area (Å²) in [5.41, 5.74) is 2.03. The monoisotopic (exact) mass is 1110 g/mol. The second kappa shape index (κ2) is 20.2. The van der Waals surface area contributed by atoms with Gasteiger partial charge in [0.2, 0.25) is 0 Å². The third-order valence-electron chi connectivity index (χ3n) is 21.3. The molecule has 0 saturated carbocycles. The van der Waals surface area contributed by atoms with Crippen molar-refractivity contribution >= 4 is 11.9 Å². The fourth-order valence-electron chi connectivity index (χ4n) is 17.6. The van der Waals surface area contributed by atoms with Gasteiger partial charge in [-0.2, -0.15) is 0 Å². The summed E-state index contributed by atoms with van der Waals surface area (Å²) in [6, 6.07) is 0. The van der Waals surface area contributed by atoms with Crippen LogP contribution in [0.3, 0.4) is 0 Å². The Hall–Kier alpha value is -2.22. The van der Waals surface area contributed by atoms with Gasteiger partial charge in [-0.15, -0.1) is 0 Å². The molecule has 79 heavy (non-hydrogen) atoms. The largest absolute Gasteiger partial charge is 0.481 e. The van der Waals surface area contributed by atoms with Crippen LogP contribution in [-0.2, 0) is 75.9 Å². The summed E-state index contributed by atoms with van der Waals surface area (Å²) in [6.07, 6.45) is -1.48. The van der Waals surface area contributed by atoms with Crippen molar-refractivity contribution in [1.82, 2.24) is 0 Å². The van der Waals surface area contributed by atoms with E-state index in [0.717, 1.165) is 30.4 Å². The predicted molar refractivity (Wildman–Crippen MR) is 271 cm³/mol. The third kappa shape index (κ3) is 9.93. The molecule has 0 aliphatic carbocycles. The summed E-state index contributed by atoms with van der Waals surface area (Å²) in [6.45, 7) is 17.6. The average molecular weight is 1110 g/mol. The zero-order valence-electron chi connectivity index (χ0n) is 46.2. The summed E-state index contributed by atoms with van der Waals surface area (Å²) in [7, 11) is 0. The molecule has 14 aliphatic heterocycles. The number of carboxylic acids is 1. The first-order chi connectivity index (χ1) is 37.7. The Balaban J connectivity index is 0.689. The Bertz CT molecular complexity index is 2370. The van der Waals surface area contributed by atoms with Gasteiger partial charge in [-0.1, -0.05) is 40.9 Å². The number of fused-ring (bicyclic) bond motifs is 13. The topological polar surface area (TPSA) is 244 Å². The molecule has 0 aromatic rings. The molecule has 14 heterocycles. The molecule has 14 aliphatic rings. The zero-order chi connectivity index (χ0) is 54.7. The van der Waals surface area contributed by atoms with Crippen LogP contribution in [0.1, 0.15) is 150 Å². The average Bonchev–Trinajstić information content (AvgIpc) is 4.01. The Morgan fingerprint density at radius 3 is 2.05 bits per heavy atom. The molecular weight excluding hydrogens is 1030 g/mol. The molecule has 14 saturated heterocycles. The quantitative estimate of drug-likeness (QED) is 0.162. The van der Waals surface area contributed by atoms with Gasteiger partial charge < -0.3 is 86.7 Å². The zero-order valence-corrected chi connectivity index (χ0v) is 46.2. The Kier molecular flexibility index (Phi) is 14.0. The van der Waals surface area contributed by atoms with E-state index in [1.165, 1.54) is 0 Å². The lowest BCUT2D eigenvalue weighted by atomic mass is 9.78. The van der Waals surface area contributed by atoms with Crippen molar-refractivity contribution in [3.05, 3.63) is 24.3 Å². The van der Waals surface area contributed by atoms with Crippen LogP contribution in [0.4, 0.5) is 0 Å². The van der Waals surface area contributed by atoms with E-state index in [1.807, 2.05) is 0 Å². The van der Waals surface area contributed by atoms with E-state index in [2.05, 4.69) is 40.9 Å². The summed E-state index contributed by atoms with van der Waals surface area (Å²) in [5, 5.41) is 43.1. The van der Waals surface area contributed by atoms with Gasteiger partial charge in [-0.25, -0.2) is 0 Å². The number of esters is 1. The van der Waals surface area contributed by atoms with Crippen molar-refractivity contribution < 1.29 is 96.3 Å². The fraction of sp³-hybridized carbons (Fsp3) is 0.898. The number of aliphatic carboxylic acids is 1. The molecule has 0 aromatic carbocycles. The summed E-state index contributed by atoms with van der Waals surface area (Å²) in [5.74, 6) is -6.76. The van der Waals surface area contributed by atoms with E-state index in [4.69, 9.17) is 66.3 Å². The van der Waals surface area contributed by atoms with Crippen molar-refractivity contribution in [2.45, 2.75) is 307 Å². The molecule has 440 valence electrons. The van der Waals surface area contributed by atoms with Crippen LogP contribution in [0.2, 0.25) is 0 Å². The lowest BCUT2D eigenvalue weighted by Gasteiger charge is -2.54. The standard InChI is InChI=1S/C59H84O20/c1-26-13-32-7-9-36-27(2)14-34(66-36)11-12-56-25-59(64,65)55(79-56)45-19-44(75-56)54-37(69-45)10-8-33(68-54)15-49(63)73-53-31(6)52-42(70-41(53)17-38(67-32)30(26)5)18-40-46(72-52)23-58(74-40)24-47-51(78-58)29(4)22-57(77-47)21-28(3)50-43(76-57)16-35(60)39(71-50)20-48(61)62/h26,28-29,31-47,50-55,60,64-65H,2,5,7-25H2,1,3-4,6H3,(H,61,62)/t26-,28+,29+,31+,32+,33-,34+,35-,36+,37+,38-,39-,40-,41+,42+,43?,44-,45-,46-,47?,50?,51?,52+,53-,54+,55?,56-,57-,58+/m1/s1. The molecule has 10 bridgehead atoms. The van der Waals surface area contributed by atoms with Gasteiger partial charge in [0.05, 0.1) is 135 Å². The third-order valence-corrected chi connectivity index (χ3v) is 21.3. The first-order valence-corrected chi connectivity index (χ1v) is 30.2. The highest BCUT2D eigenvalue weighted by Crippen LogP contribution is 2.57.